The summed E-state index contributed by atoms with van der Waals surface area (Å²) in [6, 6.07) is 1.67. The van der Waals surface area contributed by atoms with Gasteiger partial charge in [-0.2, -0.15) is 5.10 Å². The van der Waals surface area contributed by atoms with Gasteiger partial charge in [-0.25, -0.2) is 4.79 Å². The summed E-state index contributed by atoms with van der Waals surface area (Å²) in [4.78, 5) is 15.7. The summed E-state index contributed by atoms with van der Waals surface area (Å²) >= 11 is 0. The Balaban J connectivity index is 2.35. The summed E-state index contributed by atoms with van der Waals surface area (Å²) in [5.74, 6) is -0.123. The number of aromatic nitrogens is 2. The number of aryl methyl sites for hydroxylation is 1. The molecule has 0 saturated heterocycles. The minimum absolute atomic E-state index is 0.191. The van der Waals surface area contributed by atoms with Gasteiger partial charge in [-0.1, -0.05) is 5.16 Å². The maximum absolute atomic E-state index is 10.8. The second kappa shape index (κ2) is 5.74. The van der Waals surface area contributed by atoms with Crippen LogP contribution in [0.15, 0.2) is 11.2 Å². The van der Waals surface area contributed by atoms with Gasteiger partial charge in [0.05, 0.1) is 12.3 Å². The highest BCUT2D eigenvalue weighted by Gasteiger charge is 2.02. The van der Waals surface area contributed by atoms with Gasteiger partial charge in [0.25, 0.3) is 0 Å². The van der Waals surface area contributed by atoms with Crippen LogP contribution in [0.2, 0.25) is 0 Å². The summed E-state index contributed by atoms with van der Waals surface area (Å²) in [6.45, 7) is 2.21. The fourth-order valence-corrected chi connectivity index (χ4v) is 1.03. The number of nitrogens with two attached hydrogens (primary N) is 1. The normalized spacial score (nSPS) is 10.6. The average molecular weight is 226 g/mol. The van der Waals surface area contributed by atoms with Crippen LogP contribution < -0.4 is 5.73 Å². The predicted molar refractivity (Wildman–Crippen MR) is 57.5 cm³/mol. The van der Waals surface area contributed by atoms with Crippen LogP contribution in [-0.2, 0) is 28.0 Å². The summed E-state index contributed by atoms with van der Waals surface area (Å²) in [5.41, 5.74) is 6.23. The first-order chi connectivity index (χ1) is 7.63. The molecule has 0 amide bonds. The molecule has 16 heavy (non-hydrogen) atoms. The number of anilines is 1. The van der Waals surface area contributed by atoms with Crippen molar-refractivity contribution >= 4 is 18.0 Å². The molecular formula is C9H14N4O3. The van der Waals surface area contributed by atoms with Gasteiger partial charge in [0.1, 0.15) is 5.82 Å². The number of esters is 1. The molecule has 1 rings (SSSR count). The lowest BCUT2D eigenvalue weighted by molar-refractivity contribution is -0.134. The minimum Gasteiger partial charge on any atom is -0.462 e. The van der Waals surface area contributed by atoms with Gasteiger partial charge in [0, 0.05) is 13.1 Å². The SMILES string of the molecule is CCOC(=O)C=NOCc1cc(N)nn1C. The molecular weight excluding hydrogens is 212 g/mol. The third-order valence-electron chi connectivity index (χ3n) is 1.73. The monoisotopic (exact) mass is 226 g/mol. The van der Waals surface area contributed by atoms with Gasteiger partial charge in [0.2, 0.25) is 0 Å². The van der Waals surface area contributed by atoms with Crippen molar-refractivity contribution in [1.29, 1.82) is 0 Å². The molecule has 0 radical (unpaired) electrons. The lowest BCUT2D eigenvalue weighted by Crippen LogP contribution is -2.05. The van der Waals surface area contributed by atoms with E-state index in [2.05, 4.69) is 15.0 Å². The second-order valence-electron chi connectivity index (χ2n) is 2.94. The molecule has 0 aliphatic carbocycles. The summed E-state index contributed by atoms with van der Waals surface area (Å²) in [5, 5.41) is 7.38. The number of nitrogen functional groups attached to an aromatic ring is 1. The van der Waals surface area contributed by atoms with E-state index in [4.69, 9.17) is 10.6 Å². The van der Waals surface area contributed by atoms with E-state index < -0.39 is 5.97 Å². The van der Waals surface area contributed by atoms with Crippen LogP contribution in [0.4, 0.5) is 5.82 Å². The molecule has 88 valence electrons. The highest BCUT2D eigenvalue weighted by Crippen LogP contribution is 2.05. The van der Waals surface area contributed by atoms with E-state index in [1.165, 1.54) is 0 Å². The highest BCUT2D eigenvalue weighted by molar-refractivity contribution is 6.22. The van der Waals surface area contributed by atoms with Crippen LogP contribution >= 0.6 is 0 Å². The zero-order valence-corrected chi connectivity index (χ0v) is 9.21. The number of rotatable bonds is 5. The van der Waals surface area contributed by atoms with Gasteiger partial charge in [-0.05, 0) is 6.92 Å². The Morgan fingerprint density at radius 3 is 3.06 bits per heavy atom. The largest absolute Gasteiger partial charge is 0.462 e. The molecule has 0 spiro atoms. The summed E-state index contributed by atoms with van der Waals surface area (Å²) < 4.78 is 6.19. The van der Waals surface area contributed by atoms with E-state index in [0.717, 1.165) is 11.9 Å². The first-order valence-electron chi connectivity index (χ1n) is 4.74. The van der Waals surface area contributed by atoms with Crippen LogP contribution in [-0.4, -0.2) is 28.6 Å². The zero-order chi connectivity index (χ0) is 12.0. The Bertz CT molecular complexity index is 386. The number of hydrogen-bond donors (Lipinski definition) is 1. The van der Waals surface area contributed by atoms with Gasteiger partial charge in [0.15, 0.2) is 12.8 Å². The van der Waals surface area contributed by atoms with E-state index >= 15 is 0 Å². The van der Waals surface area contributed by atoms with Crippen LogP contribution in [0.3, 0.4) is 0 Å². The predicted octanol–water partition coefficient (Wildman–Crippen LogP) is 0.0678. The van der Waals surface area contributed by atoms with Crippen molar-refractivity contribution in [3.8, 4) is 0 Å². The Kier molecular flexibility index (Phi) is 4.31. The molecule has 0 aliphatic rings. The maximum atomic E-state index is 10.8. The molecule has 7 nitrogen and oxygen atoms in total. The highest BCUT2D eigenvalue weighted by atomic mass is 16.6. The molecule has 0 atom stereocenters. The van der Waals surface area contributed by atoms with E-state index in [9.17, 15) is 4.79 Å². The van der Waals surface area contributed by atoms with Crippen LogP contribution in [0.1, 0.15) is 12.6 Å². The van der Waals surface area contributed by atoms with E-state index in [0.29, 0.717) is 12.4 Å². The molecule has 0 aliphatic heterocycles. The molecule has 0 fully saturated rings. The lowest BCUT2D eigenvalue weighted by atomic mass is 10.4. The van der Waals surface area contributed by atoms with Crippen molar-refractivity contribution in [2.24, 2.45) is 12.2 Å². The van der Waals surface area contributed by atoms with Crippen molar-refractivity contribution in [3.63, 3.8) is 0 Å². The Labute approximate surface area is 92.8 Å². The zero-order valence-electron chi connectivity index (χ0n) is 9.21. The summed E-state index contributed by atoms with van der Waals surface area (Å²) in [6.07, 6.45) is 0.975. The Hall–Kier alpha value is -2.05. The maximum Gasteiger partial charge on any atom is 0.352 e. The van der Waals surface area contributed by atoms with Crippen molar-refractivity contribution in [3.05, 3.63) is 11.8 Å². The number of oxime groups is 1. The minimum atomic E-state index is -0.535. The Morgan fingerprint density at radius 2 is 2.50 bits per heavy atom. The van der Waals surface area contributed by atoms with Crippen molar-refractivity contribution in [2.75, 3.05) is 12.3 Å². The quantitative estimate of drug-likeness (QED) is 0.435. The molecule has 0 bridgehead atoms. The second-order valence-corrected chi connectivity index (χ2v) is 2.94. The third kappa shape index (κ3) is 3.60. The first-order valence-corrected chi connectivity index (χ1v) is 4.74. The molecule has 0 saturated carbocycles. The van der Waals surface area contributed by atoms with Gasteiger partial charge >= 0.3 is 5.97 Å². The van der Waals surface area contributed by atoms with Crippen LogP contribution in [0.25, 0.3) is 0 Å². The number of nitrogens with zero attached hydrogens (tertiary/aromatic N) is 3. The van der Waals surface area contributed by atoms with Gasteiger partial charge in [-0.3, -0.25) is 4.68 Å². The van der Waals surface area contributed by atoms with Crippen LogP contribution in [0, 0.1) is 0 Å². The smallest absolute Gasteiger partial charge is 0.352 e. The average Bonchev–Trinajstić information content (AvgIpc) is 2.53. The molecule has 0 unspecified atom stereocenters. The molecule has 1 heterocycles. The van der Waals surface area contributed by atoms with Crippen molar-refractivity contribution in [2.45, 2.75) is 13.5 Å². The lowest BCUT2D eigenvalue weighted by Gasteiger charge is -1.99. The number of carbonyl (C=O) groups excluding carboxylic acids is 1. The van der Waals surface area contributed by atoms with Crippen LogP contribution in [0.5, 0.6) is 0 Å². The molecule has 1 aromatic rings. The molecule has 7 heteroatoms. The topological polar surface area (TPSA) is 91.7 Å². The summed E-state index contributed by atoms with van der Waals surface area (Å²) in [7, 11) is 1.74. The number of hydrogen-bond acceptors (Lipinski definition) is 6. The van der Waals surface area contributed by atoms with Gasteiger partial charge < -0.3 is 15.3 Å². The first kappa shape index (κ1) is 12.0. The number of carbonyl (C=O) groups is 1. The molecule has 2 N–H and O–H groups in total. The Morgan fingerprint density at radius 1 is 1.75 bits per heavy atom. The molecule has 1 aromatic heterocycles. The third-order valence-corrected chi connectivity index (χ3v) is 1.73. The number of ether oxygens (including phenoxy) is 1. The standard InChI is InChI=1S/C9H14N4O3/c1-3-15-9(14)5-11-16-6-7-4-8(10)12-13(7)2/h4-5H,3,6H2,1-2H3,(H2,10,12). The van der Waals surface area contributed by atoms with Crippen molar-refractivity contribution in [1.82, 2.24) is 9.78 Å². The fraction of sp³-hybridized carbons (Fsp3) is 0.444. The van der Waals surface area contributed by atoms with Crippen molar-refractivity contribution < 1.29 is 14.4 Å². The van der Waals surface area contributed by atoms with E-state index in [1.807, 2.05) is 0 Å². The van der Waals surface area contributed by atoms with Gasteiger partial charge in [-0.15, -0.1) is 0 Å². The molecule has 0 aromatic carbocycles. The van der Waals surface area contributed by atoms with E-state index in [1.54, 1.807) is 24.7 Å². The fourth-order valence-electron chi connectivity index (χ4n) is 1.03. The van der Waals surface area contributed by atoms with E-state index in [-0.39, 0.29) is 6.61 Å².